The first-order valence-corrected chi connectivity index (χ1v) is 51.6. The summed E-state index contributed by atoms with van der Waals surface area (Å²) < 4.78 is 6.24. The molecule has 0 saturated heterocycles. The average Bonchev–Trinajstić information content (AvgIpc) is 1.53. The topological polar surface area (TPSA) is 26.1 Å². The number of benzene rings is 23. The highest BCUT2D eigenvalue weighted by Gasteiger charge is 2.49. The Kier molecular flexibility index (Phi) is 25.2. The molecule has 0 bridgehead atoms. The molecule has 0 atom stereocenters. The number of furan rings is 1. The fraction of sp³-hybridized carbons (Fsp3) is 0.0360. The summed E-state index contributed by atoms with van der Waals surface area (Å²) in [5.74, 6) is 0. The molecular formula is C139H98Cl4N4O. The standard InChI is InChI=1S/C46H34ClN.C37H26ClN.C30H20ClNO.C26H18ClN/c1-45(2)41-19-11-9-17-37(41)39-27-25-35(29-43(39)45)48(34-23-21-33(47)22-24-34)36-26-28-40-38-18-10-12-20-42(38)46(44(40)30-36,31-13-5-3-6-14-31)32-15-7-4-8-16-32;38-29-16-12-20-32(26-29)39(30-17-5-2-6-18-30)31-19-11-15-28(25-31)37(27-13-3-1-4-14-27)35-23-9-7-21-33(35)34-22-8-10-24-36(34)37;31-22-8-6-11-25(20-22)32(23-9-2-1-3-10-23)24-18-16-21(17-19-24)26-13-7-14-28-27-12-4-5-15-29(27)33-30(26)28;27-21-8-6-11-23(17-21)28(22-9-2-1-3-10-22)24-16-15-20-14-13-19-7-4-5-12-25(19)26(20)18-24/h3-30H,1-2H3;1-26H;1-20H;1-18H. The predicted molar refractivity (Wildman–Crippen MR) is 624 cm³/mol. The van der Waals surface area contributed by atoms with E-state index in [1.807, 2.05) is 115 Å². The molecule has 0 N–H and O–H groups in total. The summed E-state index contributed by atoms with van der Waals surface area (Å²) in [5, 5.41) is 10.2. The monoisotopic (exact) mass is 1980 g/mol. The molecule has 3 aliphatic carbocycles. The number of halogens is 4. The van der Waals surface area contributed by atoms with Gasteiger partial charge < -0.3 is 24.0 Å². The van der Waals surface area contributed by atoms with Crippen LogP contribution in [0.3, 0.4) is 0 Å². The smallest absolute Gasteiger partial charge is 0.143 e. The molecule has 1 aromatic heterocycles. The van der Waals surface area contributed by atoms with Crippen LogP contribution >= 0.6 is 46.4 Å². The number of hydrogen-bond donors (Lipinski definition) is 0. The number of anilines is 12. The molecule has 0 fully saturated rings. The lowest BCUT2D eigenvalue weighted by atomic mass is 9.67. The number of rotatable bonds is 17. The highest BCUT2D eigenvalue weighted by atomic mass is 35.5. The van der Waals surface area contributed by atoms with Crippen LogP contribution in [0.5, 0.6) is 0 Å². The van der Waals surface area contributed by atoms with E-state index in [9.17, 15) is 0 Å². The predicted octanol–water partition coefficient (Wildman–Crippen LogP) is 40.1. The summed E-state index contributed by atoms with van der Waals surface area (Å²) in [4.78, 5) is 9.12. The third kappa shape index (κ3) is 17.1. The van der Waals surface area contributed by atoms with E-state index < -0.39 is 10.8 Å². The Labute approximate surface area is 883 Å². The molecular weight excluding hydrogens is 1880 g/mol. The number of fused-ring (bicyclic) bond motifs is 15. The van der Waals surface area contributed by atoms with Crippen LogP contribution in [0.15, 0.2) is 563 Å². The molecule has 0 radical (unpaired) electrons. The minimum Gasteiger partial charge on any atom is -0.455 e. The van der Waals surface area contributed by atoms with Crippen molar-refractivity contribution < 1.29 is 4.42 Å². The van der Waals surface area contributed by atoms with Crippen molar-refractivity contribution >= 4 is 158 Å². The van der Waals surface area contributed by atoms with Crippen molar-refractivity contribution in [3.8, 4) is 44.5 Å². The quantitative estimate of drug-likeness (QED) is 0.0847. The zero-order chi connectivity index (χ0) is 99.8. The van der Waals surface area contributed by atoms with E-state index in [2.05, 4.69) is 476 Å². The average molecular weight is 1980 g/mol. The molecule has 27 rings (SSSR count). The van der Waals surface area contributed by atoms with Gasteiger partial charge in [0.25, 0.3) is 0 Å². The van der Waals surface area contributed by atoms with Crippen LogP contribution in [0, 0.1) is 0 Å². The second kappa shape index (κ2) is 40.0. The molecule has 0 unspecified atom stereocenters. The van der Waals surface area contributed by atoms with Crippen molar-refractivity contribution in [3.63, 3.8) is 0 Å². The zero-order valence-corrected chi connectivity index (χ0v) is 84.3. The van der Waals surface area contributed by atoms with Gasteiger partial charge in [0.05, 0.1) is 10.8 Å². The van der Waals surface area contributed by atoms with Crippen molar-refractivity contribution in [2.45, 2.75) is 30.1 Å². The first-order valence-electron chi connectivity index (χ1n) is 50.1. The Morgan fingerprint density at radius 3 is 0.959 bits per heavy atom. The fourth-order valence-corrected chi connectivity index (χ4v) is 23.5. The molecule has 23 aromatic carbocycles. The van der Waals surface area contributed by atoms with Crippen LogP contribution in [-0.2, 0) is 16.2 Å². The molecule has 5 nitrogen and oxygen atoms in total. The van der Waals surface area contributed by atoms with Gasteiger partial charge in [-0.15, -0.1) is 0 Å². The van der Waals surface area contributed by atoms with Gasteiger partial charge in [-0.25, -0.2) is 0 Å². The molecule has 24 aromatic rings. The Bertz CT molecular complexity index is 8930. The van der Waals surface area contributed by atoms with Gasteiger partial charge in [0.1, 0.15) is 11.2 Å². The second-order valence-electron chi connectivity index (χ2n) is 38.2. The summed E-state index contributed by atoms with van der Waals surface area (Å²) in [6.07, 6.45) is 0. The maximum Gasteiger partial charge on any atom is 0.143 e. The van der Waals surface area contributed by atoms with Crippen LogP contribution in [0.2, 0.25) is 20.1 Å². The van der Waals surface area contributed by atoms with Crippen molar-refractivity contribution in [2.75, 3.05) is 19.6 Å². The van der Waals surface area contributed by atoms with E-state index >= 15 is 0 Å². The van der Waals surface area contributed by atoms with Gasteiger partial charge in [-0.05, 0) is 298 Å². The van der Waals surface area contributed by atoms with Crippen molar-refractivity contribution in [1.29, 1.82) is 0 Å². The van der Waals surface area contributed by atoms with Crippen molar-refractivity contribution in [3.05, 3.63) is 634 Å². The highest BCUT2D eigenvalue weighted by Crippen LogP contribution is 2.61. The van der Waals surface area contributed by atoms with Crippen molar-refractivity contribution in [2.24, 2.45) is 0 Å². The van der Waals surface area contributed by atoms with E-state index in [4.69, 9.17) is 50.8 Å². The van der Waals surface area contributed by atoms with Gasteiger partial charge >= 0.3 is 0 Å². The Morgan fingerprint density at radius 1 is 0.176 bits per heavy atom. The fourth-order valence-electron chi connectivity index (χ4n) is 22.8. The molecule has 708 valence electrons. The van der Waals surface area contributed by atoms with Crippen LogP contribution in [0.4, 0.5) is 68.2 Å². The summed E-state index contributed by atoms with van der Waals surface area (Å²) in [7, 11) is 0. The molecule has 1 heterocycles. The number of nitrogens with zero attached hydrogens (tertiary/aromatic N) is 4. The normalized spacial score (nSPS) is 12.7. The second-order valence-corrected chi connectivity index (χ2v) is 39.9. The SMILES string of the molecule is CC1(C)c2ccccc2-c2ccc(N(c3ccc(Cl)cc3)c3ccc4c(c3)C(c3ccccc3)(c3ccccc3)c3ccccc3-4)cc21.Clc1cccc(N(c2ccccc2)c2ccc(-c3cccc4c3oc3ccccc34)cc2)c1.Clc1cccc(N(c2ccccc2)c2ccc3ccc4ccccc4c3c2)c1.Clc1cccc(N(c2ccccc2)c2cccc(C3(c4ccccc4)c4ccccc4-c4ccccc43)c2)c1. The minimum absolute atomic E-state index is 0.108. The summed E-state index contributed by atoms with van der Waals surface area (Å²) >= 11 is 25.6. The molecule has 0 spiro atoms. The minimum atomic E-state index is -0.475. The van der Waals surface area contributed by atoms with Crippen LogP contribution < -0.4 is 19.6 Å². The largest absolute Gasteiger partial charge is 0.455 e. The Hall–Kier alpha value is -17.3. The van der Waals surface area contributed by atoms with E-state index in [1.165, 1.54) is 111 Å². The lowest BCUT2D eigenvalue weighted by molar-refractivity contribution is 0.660. The maximum atomic E-state index is 6.49. The number of hydrogen-bond acceptors (Lipinski definition) is 5. The molecule has 3 aliphatic rings. The summed E-state index contributed by atoms with van der Waals surface area (Å²) in [5.41, 5.74) is 36.6. The highest BCUT2D eigenvalue weighted by molar-refractivity contribution is 6.32. The summed E-state index contributed by atoms with van der Waals surface area (Å²) in [6, 6.07) is 197. The van der Waals surface area contributed by atoms with Gasteiger partial charge in [-0.1, -0.05) is 436 Å². The van der Waals surface area contributed by atoms with Gasteiger partial charge in [-0.2, -0.15) is 0 Å². The van der Waals surface area contributed by atoms with Crippen LogP contribution in [0.1, 0.15) is 69.5 Å². The third-order valence-corrected chi connectivity index (χ3v) is 30.3. The van der Waals surface area contributed by atoms with E-state index in [1.54, 1.807) is 0 Å². The third-order valence-electron chi connectivity index (χ3n) is 29.4. The molecule has 9 heteroatoms. The first-order chi connectivity index (χ1) is 72.8. The van der Waals surface area contributed by atoms with Crippen LogP contribution in [-0.4, -0.2) is 0 Å². The summed E-state index contributed by atoms with van der Waals surface area (Å²) in [6.45, 7) is 4.68. The lowest BCUT2D eigenvalue weighted by Crippen LogP contribution is -2.28. The zero-order valence-electron chi connectivity index (χ0n) is 81.3. The molecule has 148 heavy (non-hydrogen) atoms. The lowest BCUT2D eigenvalue weighted by Gasteiger charge is -2.35. The van der Waals surface area contributed by atoms with E-state index in [0.29, 0.717) is 10.0 Å². The van der Waals surface area contributed by atoms with E-state index in [0.717, 1.165) is 111 Å². The Morgan fingerprint density at radius 2 is 0.473 bits per heavy atom. The first kappa shape index (κ1) is 93.1. The van der Waals surface area contributed by atoms with Gasteiger partial charge in [-0.3, -0.25) is 0 Å². The van der Waals surface area contributed by atoms with Gasteiger partial charge in [0.15, 0.2) is 0 Å². The van der Waals surface area contributed by atoms with Crippen LogP contribution in [0.25, 0.3) is 88.0 Å². The van der Waals surface area contributed by atoms with Crippen molar-refractivity contribution in [1.82, 2.24) is 0 Å². The molecule has 0 saturated carbocycles. The van der Waals surface area contributed by atoms with Gasteiger partial charge in [0, 0.05) is 110 Å². The molecule has 0 amide bonds. The van der Waals surface area contributed by atoms with E-state index in [-0.39, 0.29) is 5.41 Å². The molecule has 0 aliphatic heterocycles. The Balaban J connectivity index is 0.000000107. The maximum absolute atomic E-state index is 6.49. The number of para-hydroxylation sites is 5. The van der Waals surface area contributed by atoms with Gasteiger partial charge in [0.2, 0.25) is 0 Å².